The number of thioether (sulfide) groups is 1. The van der Waals surface area contributed by atoms with Crippen LogP contribution in [-0.2, 0) is 9.59 Å². The van der Waals surface area contributed by atoms with E-state index in [0.29, 0.717) is 22.3 Å². The summed E-state index contributed by atoms with van der Waals surface area (Å²) in [6.45, 7) is 3.62. The number of amides is 2. The van der Waals surface area contributed by atoms with Crippen LogP contribution in [0.25, 0.3) is 0 Å². The zero-order valence-corrected chi connectivity index (χ0v) is 19.9. The number of carbonyl (C=O) groups is 2. The summed E-state index contributed by atoms with van der Waals surface area (Å²) in [4.78, 5) is 32.7. The first-order valence-corrected chi connectivity index (χ1v) is 11.3. The van der Waals surface area contributed by atoms with Crippen molar-refractivity contribution in [1.29, 1.82) is 0 Å². The lowest BCUT2D eigenvalue weighted by atomic mass is 10.2. The summed E-state index contributed by atoms with van der Waals surface area (Å²) in [6, 6.07) is 16.0. The monoisotopic (exact) mass is 479 g/mol. The molecular formula is C24H25N5O4S. The molecule has 176 valence electrons. The van der Waals surface area contributed by atoms with Crippen molar-refractivity contribution in [2.45, 2.75) is 19.0 Å². The Kier molecular flexibility index (Phi) is 8.98. The summed E-state index contributed by atoms with van der Waals surface area (Å²) in [5, 5.41) is 7.27. The largest absolute Gasteiger partial charge is 0.495 e. The molecule has 3 aromatic rings. The fourth-order valence-electron chi connectivity index (χ4n) is 2.83. The van der Waals surface area contributed by atoms with Gasteiger partial charge >= 0.3 is 0 Å². The molecule has 0 saturated heterocycles. The first-order chi connectivity index (χ1) is 16.4. The molecule has 0 aliphatic carbocycles. The van der Waals surface area contributed by atoms with Gasteiger partial charge < -0.3 is 14.8 Å². The van der Waals surface area contributed by atoms with Crippen LogP contribution in [0.2, 0.25) is 0 Å². The van der Waals surface area contributed by atoms with Crippen molar-refractivity contribution in [3.63, 3.8) is 0 Å². The second-order valence-electron chi connectivity index (χ2n) is 7.12. The number of para-hydroxylation sites is 2. The number of hydrogen-bond donors (Lipinski definition) is 2. The molecule has 0 atom stereocenters. The van der Waals surface area contributed by atoms with Gasteiger partial charge in [-0.2, -0.15) is 5.10 Å². The van der Waals surface area contributed by atoms with Gasteiger partial charge in [-0.1, -0.05) is 23.9 Å². The number of anilines is 1. The lowest BCUT2D eigenvalue weighted by molar-refractivity contribution is -0.119. The third-order valence-electron chi connectivity index (χ3n) is 4.33. The molecule has 2 amide bonds. The summed E-state index contributed by atoms with van der Waals surface area (Å²) in [7, 11) is 1.54. The van der Waals surface area contributed by atoms with E-state index in [2.05, 4.69) is 25.8 Å². The minimum Gasteiger partial charge on any atom is -0.495 e. The van der Waals surface area contributed by atoms with E-state index in [1.54, 1.807) is 42.5 Å². The number of aryl methyl sites for hydroxylation is 2. The summed E-state index contributed by atoms with van der Waals surface area (Å²) >= 11 is 1.25. The Bertz CT molecular complexity index is 1150. The minimum absolute atomic E-state index is 0.149. The van der Waals surface area contributed by atoms with E-state index in [4.69, 9.17) is 9.47 Å². The lowest BCUT2D eigenvalue weighted by Gasteiger charge is -2.10. The van der Waals surface area contributed by atoms with Crippen molar-refractivity contribution in [1.82, 2.24) is 15.4 Å². The molecule has 3 rings (SSSR count). The van der Waals surface area contributed by atoms with E-state index in [0.717, 1.165) is 17.0 Å². The summed E-state index contributed by atoms with van der Waals surface area (Å²) in [5.74, 6) is 0.696. The van der Waals surface area contributed by atoms with Crippen LogP contribution < -0.4 is 20.2 Å². The van der Waals surface area contributed by atoms with Gasteiger partial charge in [-0.3, -0.25) is 9.59 Å². The number of hydrazone groups is 1. The van der Waals surface area contributed by atoms with Crippen LogP contribution >= 0.6 is 11.8 Å². The predicted octanol–water partition coefficient (Wildman–Crippen LogP) is 3.36. The summed E-state index contributed by atoms with van der Waals surface area (Å²) in [6.07, 6.45) is 1.52. The number of aromatic nitrogens is 2. The molecule has 10 heteroatoms. The highest BCUT2D eigenvalue weighted by atomic mass is 32.2. The third kappa shape index (κ3) is 7.89. The van der Waals surface area contributed by atoms with Gasteiger partial charge in [0.25, 0.3) is 11.8 Å². The van der Waals surface area contributed by atoms with Gasteiger partial charge in [-0.05, 0) is 61.9 Å². The highest BCUT2D eigenvalue weighted by molar-refractivity contribution is 7.99. The maximum atomic E-state index is 12.1. The van der Waals surface area contributed by atoms with Gasteiger partial charge in [0.15, 0.2) is 11.8 Å². The van der Waals surface area contributed by atoms with Crippen molar-refractivity contribution in [2.75, 3.05) is 24.8 Å². The number of nitrogens with one attached hydrogen (secondary N) is 2. The summed E-state index contributed by atoms with van der Waals surface area (Å²) in [5.41, 5.74) is 5.53. The topological polar surface area (TPSA) is 115 Å². The molecular weight excluding hydrogens is 454 g/mol. The van der Waals surface area contributed by atoms with E-state index in [9.17, 15) is 9.59 Å². The molecule has 1 heterocycles. The average molecular weight is 480 g/mol. The Morgan fingerprint density at radius 2 is 1.74 bits per heavy atom. The second-order valence-corrected chi connectivity index (χ2v) is 8.06. The molecule has 2 N–H and O–H groups in total. The predicted molar refractivity (Wildman–Crippen MR) is 132 cm³/mol. The zero-order chi connectivity index (χ0) is 24.3. The van der Waals surface area contributed by atoms with Gasteiger partial charge in [0.1, 0.15) is 11.5 Å². The molecule has 1 aromatic heterocycles. The number of hydrogen-bond acceptors (Lipinski definition) is 8. The molecule has 0 spiro atoms. The smallest absolute Gasteiger partial charge is 0.262 e. The molecule has 0 unspecified atom stereocenters. The highest BCUT2D eigenvalue weighted by Gasteiger charge is 2.08. The third-order valence-corrected chi connectivity index (χ3v) is 5.18. The Balaban J connectivity index is 1.41. The van der Waals surface area contributed by atoms with Crippen LogP contribution in [0.4, 0.5) is 5.69 Å². The normalized spacial score (nSPS) is 10.7. The molecule has 0 saturated carbocycles. The van der Waals surface area contributed by atoms with E-state index in [1.807, 2.05) is 26.0 Å². The van der Waals surface area contributed by atoms with Crippen LogP contribution in [0, 0.1) is 13.8 Å². The molecule has 9 nitrogen and oxygen atoms in total. The fourth-order valence-corrected chi connectivity index (χ4v) is 3.57. The van der Waals surface area contributed by atoms with E-state index >= 15 is 0 Å². The maximum absolute atomic E-state index is 12.1. The van der Waals surface area contributed by atoms with Crippen molar-refractivity contribution < 1.29 is 19.1 Å². The number of methoxy groups -OCH3 is 1. The molecule has 0 bridgehead atoms. The van der Waals surface area contributed by atoms with Gasteiger partial charge in [-0.15, -0.1) is 0 Å². The summed E-state index contributed by atoms with van der Waals surface area (Å²) < 4.78 is 10.7. The molecule has 0 fully saturated rings. The zero-order valence-electron chi connectivity index (χ0n) is 19.1. The van der Waals surface area contributed by atoms with E-state index in [-0.39, 0.29) is 24.2 Å². The average Bonchev–Trinajstić information content (AvgIpc) is 2.82. The van der Waals surface area contributed by atoms with Crippen LogP contribution in [0.3, 0.4) is 0 Å². The molecule has 0 aliphatic rings. The van der Waals surface area contributed by atoms with Crippen LogP contribution in [-0.4, -0.2) is 47.5 Å². The number of ether oxygens (including phenoxy) is 2. The number of carbonyl (C=O) groups excluding carboxylic acids is 2. The van der Waals surface area contributed by atoms with Crippen LogP contribution in [0.5, 0.6) is 11.5 Å². The Morgan fingerprint density at radius 1 is 1.03 bits per heavy atom. The first-order valence-electron chi connectivity index (χ1n) is 10.4. The fraction of sp³-hybridized carbons (Fsp3) is 0.208. The van der Waals surface area contributed by atoms with E-state index in [1.165, 1.54) is 25.1 Å². The first kappa shape index (κ1) is 24.7. The Labute approximate surface area is 202 Å². The quantitative estimate of drug-likeness (QED) is 0.198. The minimum atomic E-state index is -0.304. The lowest BCUT2D eigenvalue weighted by Crippen LogP contribution is -2.20. The van der Waals surface area contributed by atoms with E-state index < -0.39 is 0 Å². The van der Waals surface area contributed by atoms with Crippen molar-refractivity contribution >= 4 is 35.5 Å². The molecule has 34 heavy (non-hydrogen) atoms. The number of rotatable bonds is 10. The van der Waals surface area contributed by atoms with Gasteiger partial charge in [-0.25, -0.2) is 15.4 Å². The Morgan fingerprint density at radius 3 is 2.44 bits per heavy atom. The molecule has 2 aromatic carbocycles. The van der Waals surface area contributed by atoms with Gasteiger partial charge in [0.2, 0.25) is 0 Å². The van der Waals surface area contributed by atoms with Crippen LogP contribution in [0.1, 0.15) is 17.0 Å². The Hall–Kier alpha value is -3.92. The van der Waals surface area contributed by atoms with Crippen LogP contribution in [0.15, 0.2) is 64.9 Å². The van der Waals surface area contributed by atoms with Crippen molar-refractivity contribution in [3.05, 3.63) is 71.5 Å². The SMILES string of the molecule is COc1ccccc1NC(=O)COc1ccc(/C=N/NC(=O)CSc2nc(C)cc(C)n2)cc1. The molecule has 0 radical (unpaired) electrons. The number of benzene rings is 2. The molecule has 0 aliphatic heterocycles. The second kappa shape index (κ2) is 12.4. The van der Waals surface area contributed by atoms with Gasteiger partial charge in [0, 0.05) is 11.4 Å². The van der Waals surface area contributed by atoms with Gasteiger partial charge in [0.05, 0.1) is 24.8 Å². The number of nitrogens with zero attached hydrogens (tertiary/aromatic N) is 3. The maximum Gasteiger partial charge on any atom is 0.262 e. The van der Waals surface area contributed by atoms with Crippen molar-refractivity contribution in [2.24, 2.45) is 5.10 Å². The highest BCUT2D eigenvalue weighted by Crippen LogP contribution is 2.23. The standard InChI is InChI=1S/C24H25N5O4S/c1-16-12-17(2)27-24(26-16)34-15-23(31)29-25-13-18-8-10-19(11-9-18)33-14-22(30)28-20-6-4-5-7-21(20)32-3/h4-13H,14-15H2,1-3H3,(H,28,30)(H,29,31)/b25-13+. The van der Waals surface area contributed by atoms with Crippen molar-refractivity contribution in [3.8, 4) is 11.5 Å².